The Bertz CT molecular complexity index is 2150. The van der Waals surface area contributed by atoms with E-state index in [0.717, 1.165) is 32.8 Å². The molecule has 4 aromatic rings. The number of rotatable bonds is 17. The smallest absolute Gasteiger partial charge is 0.455 e. The minimum atomic E-state index is -3.04. The number of pyridine rings is 1. The van der Waals surface area contributed by atoms with Crippen LogP contribution in [0.15, 0.2) is 113 Å². The molecular formula is C47H55BN2O9Si. The molecule has 2 saturated heterocycles. The second-order valence-corrected chi connectivity index (χ2v) is 21.5. The SMILES string of the molecule is CC(C)(C)[Si](OCC1=C2[C@@H](CC/C(=C/c3ccc(CO)o3)c3ccccn3)OB(O)C[C@@H]2[C@@H]2C(=O)N(CCCCCC(=O)O)C(=O)[C@@H]2C1)(c1ccccc1)c1ccccc1. The Balaban J connectivity index is 1.28. The second-order valence-electron chi connectivity index (χ2n) is 17.2. The van der Waals surface area contributed by atoms with E-state index in [9.17, 15) is 24.5 Å². The summed E-state index contributed by atoms with van der Waals surface area (Å²) < 4.78 is 19.8. The van der Waals surface area contributed by atoms with E-state index < -0.39 is 45.3 Å². The van der Waals surface area contributed by atoms with Crippen molar-refractivity contribution in [2.45, 2.75) is 89.8 Å². The highest BCUT2D eigenvalue weighted by molar-refractivity contribution is 6.99. The quantitative estimate of drug-likeness (QED) is 0.0464. The Hall–Kier alpha value is -4.92. The normalized spacial score (nSPS) is 21.1. The van der Waals surface area contributed by atoms with Crippen molar-refractivity contribution in [3.05, 3.63) is 126 Å². The Kier molecular flexibility index (Phi) is 13.5. The van der Waals surface area contributed by atoms with E-state index in [2.05, 4.69) is 50.0 Å². The third-order valence-corrected chi connectivity index (χ3v) is 17.4. The fraction of sp³-hybridized carbons (Fsp3) is 0.404. The van der Waals surface area contributed by atoms with Crippen LogP contribution in [0.4, 0.5) is 0 Å². The van der Waals surface area contributed by atoms with E-state index in [1.54, 1.807) is 18.3 Å². The van der Waals surface area contributed by atoms with Gasteiger partial charge in [0.25, 0.3) is 8.32 Å². The van der Waals surface area contributed by atoms with Crippen LogP contribution in [-0.2, 0) is 30.1 Å². The van der Waals surface area contributed by atoms with E-state index >= 15 is 0 Å². The number of hydrogen-bond acceptors (Lipinski definition) is 9. The molecule has 3 N–H and O–H groups in total. The average molecular weight is 831 g/mol. The molecule has 0 spiro atoms. The first-order valence-electron chi connectivity index (χ1n) is 21.1. The molecular weight excluding hydrogens is 775 g/mol. The monoisotopic (exact) mass is 830 g/mol. The molecule has 0 radical (unpaired) electrons. The number of benzene rings is 2. The van der Waals surface area contributed by atoms with Crippen molar-refractivity contribution >= 4 is 55.2 Å². The number of carbonyl (C=O) groups is 3. The average Bonchev–Trinajstić information content (AvgIpc) is 3.80. The van der Waals surface area contributed by atoms with Gasteiger partial charge < -0.3 is 28.7 Å². The predicted octanol–water partition coefficient (Wildman–Crippen LogP) is 6.51. The first kappa shape index (κ1) is 43.2. The van der Waals surface area contributed by atoms with Gasteiger partial charge >= 0.3 is 13.1 Å². The highest BCUT2D eigenvalue weighted by Gasteiger charge is 2.58. The number of imide groups is 1. The number of fused-ring (bicyclic) bond motifs is 3. The van der Waals surface area contributed by atoms with Crippen LogP contribution in [0.1, 0.15) is 82.9 Å². The Morgan fingerprint density at radius 2 is 1.62 bits per heavy atom. The first-order valence-corrected chi connectivity index (χ1v) is 23.0. The van der Waals surface area contributed by atoms with Gasteiger partial charge in [-0.1, -0.05) is 93.9 Å². The zero-order valence-corrected chi connectivity index (χ0v) is 35.7. The fourth-order valence-corrected chi connectivity index (χ4v) is 14.3. The predicted molar refractivity (Wildman–Crippen MR) is 232 cm³/mol. The standard InChI is InChI=1S/C47H55BN2O9Si/c1-47(2,3)60(36-15-7-4-8-16-36,37-17-9-5-10-18-37)57-31-33-28-38-44(46(55)50(45(38)54)26-14-6-11-20-42(52)53)39-29-48(56)59-41(43(33)39)24-21-32(40-19-12-13-25-49-40)27-34-22-23-35(30-51)58-34/h4-5,7-10,12-13,15-19,22-23,25,27,38-39,41,44,51,56H,6,11,14,20-21,24,26,28-31H2,1-3H3,(H,52,53)/b32-27-/t38-,39+,41-,44-/m1/s1. The first-order chi connectivity index (χ1) is 28.9. The summed E-state index contributed by atoms with van der Waals surface area (Å²) in [6.45, 7) is 6.89. The van der Waals surface area contributed by atoms with Crippen molar-refractivity contribution < 1.29 is 43.1 Å². The Morgan fingerprint density at radius 1 is 0.917 bits per heavy atom. The zero-order chi connectivity index (χ0) is 42.4. The number of furan rings is 1. The van der Waals surface area contributed by atoms with Crippen LogP contribution in [-0.4, -0.2) is 77.6 Å². The number of nitrogens with zero attached hydrogens (tertiary/aromatic N) is 2. The molecule has 60 heavy (non-hydrogen) atoms. The molecule has 1 aliphatic carbocycles. The lowest BCUT2D eigenvalue weighted by atomic mass is 9.58. The number of unbranched alkanes of at least 4 members (excludes halogenated alkanes) is 2. The number of carboxylic acid groups (broad SMARTS) is 1. The lowest BCUT2D eigenvalue weighted by Gasteiger charge is -2.46. The van der Waals surface area contributed by atoms with Gasteiger partial charge in [-0.15, -0.1) is 0 Å². The molecule has 0 saturated carbocycles. The number of likely N-dealkylation sites (tertiary alicyclic amines) is 1. The summed E-state index contributed by atoms with van der Waals surface area (Å²) in [4.78, 5) is 45.8. The second kappa shape index (κ2) is 18.8. The lowest BCUT2D eigenvalue weighted by molar-refractivity contribution is -0.141. The molecule has 2 aromatic heterocycles. The van der Waals surface area contributed by atoms with Crippen molar-refractivity contribution in [3.63, 3.8) is 0 Å². The molecule has 2 aromatic carbocycles. The number of aromatic nitrogens is 1. The zero-order valence-electron chi connectivity index (χ0n) is 34.7. The highest BCUT2D eigenvalue weighted by Crippen LogP contribution is 2.51. The van der Waals surface area contributed by atoms with E-state index in [-0.39, 0.29) is 49.4 Å². The Morgan fingerprint density at radius 3 is 2.23 bits per heavy atom. The van der Waals surface area contributed by atoms with Crippen LogP contribution in [0.25, 0.3) is 11.6 Å². The number of amides is 2. The van der Waals surface area contributed by atoms with Crippen LogP contribution >= 0.6 is 0 Å². The molecule has 0 bridgehead atoms. The summed E-state index contributed by atoms with van der Waals surface area (Å²) in [5, 5.41) is 32.1. The van der Waals surface area contributed by atoms with Gasteiger partial charge in [-0.2, -0.15) is 0 Å². The minimum Gasteiger partial charge on any atom is -0.481 e. The maximum absolute atomic E-state index is 14.4. The fourth-order valence-electron chi connectivity index (χ4n) is 9.70. The summed E-state index contributed by atoms with van der Waals surface area (Å²) in [5.74, 6) is -2.04. The topological polar surface area (TPSA) is 160 Å². The van der Waals surface area contributed by atoms with Crippen LogP contribution in [0.5, 0.6) is 0 Å². The molecule has 11 nitrogen and oxygen atoms in total. The van der Waals surface area contributed by atoms with Crippen LogP contribution in [0, 0.1) is 17.8 Å². The lowest BCUT2D eigenvalue weighted by Crippen LogP contribution is -2.66. The molecule has 4 heterocycles. The van der Waals surface area contributed by atoms with Crippen LogP contribution < -0.4 is 10.4 Å². The van der Waals surface area contributed by atoms with E-state index in [1.165, 1.54) is 4.90 Å². The maximum atomic E-state index is 14.4. The van der Waals surface area contributed by atoms with Crippen molar-refractivity contribution in [3.8, 4) is 0 Å². The van der Waals surface area contributed by atoms with Gasteiger partial charge in [-0.25, -0.2) is 0 Å². The number of aliphatic hydroxyl groups excluding tert-OH is 1. The molecule has 2 amide bonds. The van der Waals surface area contributed by atoms with Gasteiger partial charge in [0.1, 0.15) is 18.1 Å². The number of hydrogen-bond donors (Lipinski definition) is 3. The molecule has 2 aliphatic heterocycles. The third kappa shape index (κ3) is 9.06. The van der Waals surface area contributed by atoms with Gasteiger partial charge in [0.2, 0.25) is 11.8 Å². The van der Waals surface area contributed by atoms with Crippen molar-refractivity contribution in [2.24, 2.45) is 17.8 Å². The minimum absolute atomic E-state index is 0.0406. The summed E-state index contributed by atoms with van der Waals surface area (Å²) in [6.07, 6.45) is 6.07. The molecule has 3 aliphatic rings. The molecule has 2 fully saturated rings. The van der Waals surface area contributed by atoms with Gasteiger partial charge in [-0.05, 0) is 107 Å². The number of carboxylic acids is 1. The van der Waals surface area contributed by atoms with E-state index in [1.807, 2.05) is 60.7 Å². The summed E-state index contributed by atoms with van der Waals surface area (Å²) in [6, 6.07) is 30.0. The molecule has 314 valence electrons. The number of aliphatic carboxylic acids is 1. The van der Waals surface area contributed by atoms with Gasteiger partial charge in [-0.3, -0.25) is 24.3 Å². The van der Waals surface area contributed by atoms with Gasteiger partial charge in [0.15, 0.2) is 0 Å². The highest BCUT2D eigenvalue weighted by atomic mass is 28.4. The van der Waals surface area contributed by atoms with Gasteiger partial charge in [0.05, 0.1) is 30.2 Å². The van der Waals surface area contributed by atoms with E-state index in [4.69, 9.17) is 18.6 Å². The molecule has 4 atom stereocenters. The summed E-state index contributed by atoms with van der Waals surface area (Å²) >= 11 is 0. The van der Waals surface area contributed by atoms with Crippen molar-refractivity contribution in [2.75, 3.05) is 13.2 Å². The molecule has 0 unspecified atom stereocenters. The van der Waals surface area contributed by atoms with Crippen molar-refractivity contribution in [1.82, 2.24) is 9.88 Å². The summed E-state index contributed by atoms with van der Waals surface area (Å²) in [7, 11) is -4.19. The Labute approximate surface area is 353 Å². The number of aliphatic hydroxyl groups is 1. The summed E-state index contributed by atoms with van der Waals surface area (Å²) in [5.41, 5.74) is 3.47. The van der Waals surface area contributed by atoms with Crippen LogP contribution in [0.3, 0.4) is 0 Å². The number of carbonyl (C=O) groups excluding carboxylic acids is 2. The molecule has 7 rings (SSSR count). The third-order valence-electron chi connectivity index (χ3n) is 12.4. The van der Waals surface area contributed by atoms with Gasteiger partial charge in [0, 0.05) is 19.2 Å². The maximum Gasteiger partial charge on any atom is 0.455 e. The van der Waals surface area contributed by atoms with Crippen LogP contribution in [0.2, 0.25) is 11.4 Å². The molecule has 13 heteroatoms. The number of allylic oxidation sites excluding steroid dienone is 1. The van der Waals surface area contributed by atoms with Crippen molar-refractivity contribution in [1.29, 1.82) is 0 Å². The largest absolute Gasteiger partial charge is 0.481 e. The van der Waals surface area contributed by atoms with E-state index in [0.29, 0.717) is 50.0 Å².